The van der Waals surface area contributed by atoms with Crippen molar-refractivity contribution in [1.82, 2.24) is 0 Å². The molecule has 0 unspecified atom stereocenters. The summed E-state index contributed by atoms with van der Waals surface area (Å²) in [5.41, 5.74) is 12.4. The van der Waals surface area contributed by atoms with Gasteiger partial charge in [-0.15, -0.1) is 0 Å². The Bertz CT molecular complexity index is 866. The summed E-state index contributed by atoms with van der Waals surface area (Å²) in [6, 6.07) is 24.7. The number of azide groups is 1. The first-order valence-electron chi connectivity index (χ1n) is 7.09. The van der Waals surface area contributed by atoms with Gasteiger partial charge < -0.3 is 0 Å². The van der Waals surface area contributed by atoms with Crippen molar-refractivity contribution < 1.29 is 0 Å². The predicted octanol–water partition coefficient (Wildman–Crippen LogP) is 6.71. The van der Waals surface area contributed by atoms with Crippen LogP contribution in [-0.2, 0) is 0 Å². The largest absolute Gasteiger partial charge is 0.151 e. The third-order valence-electron chi connectivity index (χ3n) is 3.27. The van der Waals surface area contributed by atoms with Crippen LogP contribution in [0.2, 0.25) is 0 Å². The van der Waals surface area contributed by atoms with E-state index in [-0.39, 0.29) is 0 Å². The van der Waals surface area contributed by atoms with Crippen LogP contribution < -0.4 is 0 Å². The molecule has 110 valence electrons. The number of nitrogens with zero attached hydrogens (tertiary/aromatic N) is 5. The van der Waals surface area contributed by atoms with Crippen LogP contribution in [0.5, 0.6) is 0 Å². The van der Waals surface area contributed by atoms with Gasteiger partial charge >= 0.3 is 0 Å². The highest BCUT2D eigenvalue weighted by Crippen LogP contribution is 2.39. The Kier molecular flexibility index (Phi) is 4.43. The molecule has 0 amide bonds. The van der Waals surface area contributed by atoms with Crippen molar-refractivity contribution in [3.63, 3.8) is 0 Å². The highest BCUT2D eigenvalue weighted by atomic mass is 15.2. The molecule has 23 heavy (non-hydrogen) atoms. The number of rotatable bonds is 4. The molecule has 0 aliphatic carbocycles. The van der Waals surface area contributed by atoms with Crippen molar-refractivity contribution in [2.45, 2.75) is 0 Å². The van der Waals surface area contributed by atoms with Crippen LogP contribution in [0.1, 0.15) is 0 Å². The predicted molar refractivity (Wildman–Crippen MR) is 91.3 cm³/mol. The van der Waals surface area contributed by atoms with E-state index >= 15 is 0 Å². The molecule has 0 aromatic heterocycles. The van der Waals surface area contributed by atoms with Crippen LogP contribution in [-0.4, -0.2) is 0 Å². The van der Waals surface area contributed by atoms with Crippen LogP contribution in [0.4, 0.5) is 17.1 Å². The van der Waals surface area contributed by atoms with Gasteiger partial charge in [-0.3, -0.25) is 0 Å². The molecule has 3 aromatic rings. The number of azo groups is 1. The van der Waals surface area contributed by atoms with E-state index < -0.39 is 0 Å². The summed E-state index contributed by atoms with van der Waals surface area (Å²) < 4.78 is 0. The normalized spacial score (nSPS) is 10.4. The third-order valence-corrected chi connectivity index (χ3v) is 3.27. The zero-order valence-corrected chi connectivity index (χ0v) is 12.2. The molecule has 3 rings (SSSR count). The molecular formula is C18H13N5. The smallest absolute Gasteiger partial charge is 0.0958 e. The molecule has 3 aromatic carbocycles. The fourth-order valence-electron chi connectivity index (χ4n) is 2.22. The summed E-state index contributed by atoms with van der Waals surface area (Å²) in [5, 5.41) is 12.3. The second-order valence-electron chi connectivity index (χ2n) is 4.76. The van der Waals surface area contributed by atoms with Crippen molar-refractivity contribution in [3.8, 4) is 11.1 Å². The zero-order valence-electron chi connectivity index (χ0n) is 12.2. The second kappa shape index (κ2) is 7.02. The van der Waals surface area contributed by atoms with E-state index in [0.29, 0.717) is 11.4 Å². The SMILES string of the molecule is [N-]=[N+]=Nc1c(N=Nc2ccccc2)cccc1-c1ccccc1. The van der Waals surface area contributed by atoms with Gasteiger partial charge in [0.05, 0.1) is 17.1 Å². The fourth-order valence-corrected chi connectivity index (χ4v) is 2.22. The molecule has 0 heterocycles. The van der Waals surface area contributed by atoms with E-state index in [1.54, 1.807) is 6.07 Å². The van der Waals surface area contributed by atoms with Crippen molar-refractivity contribution >= 4 is 17.1 Å². The first-order chi connectivity index (χ1) is 11.4. The van der Waals surface area contributed by atoms with E-state index in [1.807, 2.05) is 72.8 Å². The molecule has 0 fully saturated rings. The molecule has 0 N–H and O–H groups in total. The first kappa shape index (κ1) is 14.5. The zero-order chi connectivity index (χ0) is 15.9. The van der Waals surface area contributed by atoms with Gasteiger partial charge in [0.15, 0.2) is 0 Å². The van der Waals surface area contributed by atoms with Crippen LogP contribution in [0, 0.1) is 0 Å². The van der Waals surface area contributed by atoms with Crippen LogP contribution in [0.15, 0.2) is 94.2 Å². The van der Waals surface area contributed by atoms with Crippen molar-refractivity contribution in [2.75, 3.05) is 0 Å². The van der Waals surface area contributed by atoms with Gasteiger partial charge in [0, 0.05) is 4.91 Å². The van der Waals surface area contributed by atoms with E-state index in [1.165, 1.54) is 0 Å². The molecule has 5 nitrogen and oxygen atoms in total. The Hall–Kier alpha value is -3.43. The second-order valence-corrected chi connectivity index (χ2v) is 4.76. The standard InChI is InChI=1S/C18H13N5/c19-23-22-18-16(14-8-3-1-4-9-14)12-7-13-17(18)21-20-15-10-5-2-6-11-15/h1-13H. The number of hydrogen-bond donors (Lipinski definition) is 0. The maximum atomic E-state index is 8.89. The minimum Gasteiger partial charge on any atom is -0.151 e. The van der Waals surface area contributed by atoms with Crippen LogP contribution >= 0.6 is 0 Å². The highest BCUT2D eigenvalue weighted by molar-refractivity contribution is 5.83. The maximum absolute atomic E-state index is 8.89. The molecular weight excluding hydrogens is 286 g/mol. The molecule has 5 heteroatoms. The summed E-state index contributed by atoms with van der Waals surface area (Å²) in [6.45, 7) is 0. The first-order valence-corrected chi connectivity index (χ1v) is 7.09. The Balaban J connectivity index is 2.07. The summed E-state index contributed by atoms with van der Waals surface area (Å²) in [4.78, 5) is 2.93. The van der Waals surface area contributed by atoms with Crippen molar-refractivity contribution in [2.24, 2.45) is 15.3 Å². The summed E-state index contributed by atoms with van der Waals surface area (Å²) in [6.07, 6.45) is 0. The molecule has 0 aliphatic heterocycles. The average Bonchev–Trinajstić information content (AvgIpc) is 2.62. The average molecular weight is 299 g/mol. The molecule has 0 saturated carbocycles. The van der Waals surface area contributed by atoms with Crippen molar-refractivity contribution in [3.05, 3.63) is 89.3 Å². The lowest BCUT2D eigenvalue weighted by molar-refractivity contribution is 1.22. The van der Waals surface area contributed by atoms with Gasteiger partial charge in [-0.1, -0.05) is 65.8 Å². The number of benzene rings is 3. The van der Waals surface area contributed by atoms with Crippen LogP contribution in [0.25, 0.3) is 21.6 Å². The molecule has 0 saturated heterocycles. The van der Waals surface area contributed by atoms with Gasteiger partial charge in [-0.2, -0.15) is 10.2 Å². The van der Waals surface area contributed by atoms with E-state index in [9.17, 15) is 0 Å². The van der Waals surface area contributed by atoms with Gasteiger partial charge in [-0.25, -0.2) is 0 Å². The Morgan fingerprint density at radius 3 is 2.09 bits per heavy atom. The Labute approximate surface area is 133 Å². The van der Waals surface area contributed by atoms with Crippen molar-refractivity contribution in [1.29, 1.82) is 0 Å². The molecule has 0 atom stereocenters. The van der Waals surface area contributed by atoms with E-state index in [0.717, 1.165) is 16.8 Å². The lowest BCUT2D eigenvalue weighted by Gasteiger charge is -2.07. The maximum Gasteiger partial charge on any atom is 0.0958 e. The summed E-state index contributed by atoms with van der Waals surface area (Å²) >= 11 is 0. The summed E-state index contributed by atoms with van der Waals surface area (Å²) in [5.74, 6) is 0. The fraction of sp³-hybridized carbons (Fsp3) is 0. The summed E-state index contributed by atoms with van der Waals surface area (Å²) in [7, 11) is 0. The van der Waals surface area contributed by atoms with Crippen LogP contribution in [0.3, 0.4) is 0 Å². The molecule has 0 spiro atoms. The quantitative estimate of drug-likeness (QED) is 0.291. The lowest BCUT2D eigenvalue weighted by atomic mass is 10.0. The van der Waals surface area contributed by atoms with Gasteiger partial charge in [0.1, 0.15) is 0 Å². The third kappa shape index (κ3) is 3.43. The molecule has 0 aliphatic rings. The van der Waals surface area contributed by atoms with Gasteiger partial charge in [0.2, 0.25) is 0 Å². The van der Waals surface area contributed by atoms with E-state index in [4.69, 9.17) is 5.53 Å². The Morgan fingerprint density at radius 1 is 0.696 bits per heavy atom. The lowest BCUT2D eigenvalue weighted by Crippen LogP contribution is -1.78. The minimum absolute atomic E-state index is 0.473. The Morgan fingerprint density at radius 2 is 1.39 bits per heavy atom. The highest BCUT2D eigenvalue weighted by Gasteiger charge is 2.08. The topological polar surface area (TPSA) is 73.5 Å². The molecule has 0 radical (unpaired) electrons. The monoisotopic (exact) mass is 299 g/mol. The van der Waals surface area contributed by atoms with Gasteiger partial charge in [0.25, 0.3) is 0 Å². The number of hydrogen-bond acceptors (Lipinski definition) is 3. The van der Waals surface area contributed by atoms with Gasteiger partial charge in [-0.05, 0) is 34.9 Å². The van der Waals surface area contributed by atoms with E-state index in [2.05, 4.69) is 20.3 Å². The minimum atomic E-state index is 0.473. The molecule has 0 bridgehead atoms.